The Hall–Kier alpha value is -0.610. The summed E-state index contributed by atoms with van der Waals surface area (Å²) in [6.45, 7) is 10.3. The van der Waals surface area contributed by atoms with Gasteiger partial charge in [0.15, 0.2) is 0 Å². The lowest BCUT2D eigenvalue weighted by molar-refractivity contribution is -0.0223. The molecule has 1 unspecified atom stereocenters. The molecule has 1 heterocycles. The van der Waals surface area contributed by atoms with E-state index in [2.05, 4.69) is 43.1 Å². The van der Waals surface area contributed by atoms with Gasteiger partial charge in [-0.25, -0.2) is 0 Å². The van der Waals surface area contributed by atoms with Gasteiger partial charge in [-0.3, -0.25) is 4.90 Å². The Morgan fingerprint density at radius 1 is 1.33 bits per heavy atom. The summed E-state index contributed by atoms with van der Waals surface area (Å²) < 4.78 is 5.48. The van der Waals surface area contributed by atoms with Gasteiger partial charge in [0.1, 0.15) is 0 Å². The molecule has 0 saturated carbocycles. The van der Waals surface area contributed by atoms with Gasteiger partial charge in [-0.1, -0.05) is 23.7 Å². The molecule has 1 fully saturated rings. The molecule has 0 spiro atoms. The molecular weight excluding hydrogens is 284 g/mol. The van der Waals surface area contributed by atoms with Gasteiger partial charge in [-0.05, 0) is 51.4 Å². The van der Waals surface area contributed by atoms with Crippen molar-refractivity contribution in [2.45, 2.75) is 38.8 Å². The summed E-state index contributed by atoms with van der Waals surface area (Å²) in [4.78, 5) is 2.51. The summed E-state index contributed by atoms with van der Waals surface area (Å²) in [5.41, 5.74) is 2.48. The Morgan fingerprint density at radius 3 is 2.57 bits per heavy atom. The molecule has 0 radical (unpaired) electrons. The maximum atomic E-state index is 6.41. The average molecular weight is 311 g/mol. The lowest BCUT2D eigenvalue weighted by Crippen LogP contribution is -2.60. The Morgan fingerprint density at radius 2 is 2.00 bits per heavy atom. The number of nitrogens with zero attached hydrogens (tertiary/aromatic N) is 1. The fraction of sp³-hybridized carbons (Fsp3) is 0.647. The third kappa shape index (κ3) is 3.98. The smallest absolute Gasteiger partial charge is 0.0594 e. The Kier molecular flexibility index (Phi) is 5.67. The molecule has 1 aromatic carbocycles. The van der Waals surface area contributed by atoms with Crippen LogP contribution in [0.25, 0.3) is 0 Å². The topological polar surface area (TPSA) is 24.5 Å². The van der Waals surface area contributed by atoms with Gasteiger partial charge in [0, 0.05) is 29.7 Å². The monoisotopic (exact) mass is 310 g/mol. The Balaban J connectivity index is 2.14. The number of likely N-dealkylation sites (N-methyl/N-ethyl adjacent to an activating group) is 1. The number of benzene rings is 1. The Bertz CT molecular complexity index is 470. The fourth-order valence-electron chi connectivity index (χ4n) is 3.10. The first kappa shape index (κ1) is 16.8. The SMILES string of the molecule is CNC(Cc1ccc(C)cc1Cl)C(C)(C)N1CCOCC1. The minimum Gasteiger partial charge on any atom is -0.379 e. The first-order valence-corrected chi connectivity index (χ1v) is 8.08. The molecule has 1 atom stereocenters. The summed E-state index contributed by atoms with van der Waals surface area (Å²) in [6.07, 6.45) is 0.931. The van der Waals surface area contributed by atoms with E-state index in [0.717, 1.165) is 37.7 Å². The highest BCUT2D eigenvalue weighted by Gasteiger charge is 2.35. The van der Waals surface area contributed by atoms with Crippen LogP contribution in [0.2, 0.25) is 5.02 Å². The second-order valence-electron chi connectivity index (χ2n) is 6.39. The van der Waals surface area contributed by atoms with Crippen LogP contribution >= 0.6 is 11.6 Å². The molecule has 0 bridgehead atoms. The second kappa shape index (κ2) is 7.10. The van der Waals surface area contributed by atoms with Gasteiger partial charge >= 0.3 is 0 Å². The predicted octanol–water partition coefficient (Wildman–Crippen LogP) is 2.89. The molecule has 3 nitrogen and oxygen atoms in total. The number of hydrogen-bond acceptors (Lipinski definition) is 3. The minimum atomic E-state index is 0.0622. The molecular formula is C17H27ClN2O. The third-order valence-electron chi connectivity index (χ3n) is 4.66. The van der Waals surface area contributed by atoms with Crippen LogP contribution in [-0.4, -0.2) is 49.8 Å². The van der Waals surface area contributed by atoms with Gasteiger partial charge in [-0.15, -0.1) is 0 Å². The molecule has 0 aromatic heterocycles. The third-order valence-corrected chi connectivity index (χ3v) is 5.01. The van der Waals surface area contributed by atoms with Gasteiger partial charge in [-0.2, -0.15) is 0 Å². The van der Waals surface area contributed by atoms with E-state index in [0.29, 0.717) is 6.04 Å². The highest BCUT2D eigenvalue weighted by Crippen LogP contribution is 2.26. The lowest BCUT2D eigenvalue weighted by atomic mass is 9.87. The van der Waals surface area contributed by atoms with Crippen LogP contribution in [0.3, 0.4) is 0 Å². The quantitative estimate of drug-likeness (QED) is 0.905. The molecule has 2 rings (SSSR count). The van der Waals surface area contributed by atoms with E-state index >= 15 is 0 Å². The minimum absolute atomic E-state index is 0.0622. The molecule has 0 amide bonds. The first-order valence-electron chi connectivity index (χ1n) is 7.70. The number of aryl methyl sites for hydroxylation is 1. The highest BCUT2D eigenvalue weighted by atomic mass is 35.5. The number of rotatable bonds is 5. The predicted molar refractivity (Wildman–Crippen MR) is 89.2 cm³/mol. The van der Waals surface area contributed by atoms with Crippen LogP contribution < -0.4 is 5.32 Å². The number of ether oxygens (including phenoxy) is 1. The normalized spacial score (nSPS) is 18.7. The summed E-state index contributed by atoms with van der Waals surface area (Å²) >= 11 is 6.41. The maximum absolute atomic E-state index is 6.41. The molecule has 1 aliphatic rings. The van der Waals surface area contributed by atoms with E-state index in [1.165, 1.54) is 11.1 Å². The van der Waals surface area contributed by atoms with Gasteiger partial charge in [0.2, 0.25) is 0 Å². The van der Waals surface area contributed by atoms with Crippen LogP contribution in [0.15, 0.2) is 18.2 Å². The molecule has 118 valence electrons. The Labute approximate surface area is 133 Å². The van der Waals surface area contributed by atoms with Crippen molar-refractivity contribution in [1.82, 2.24) is 10.2 Å². The van der Waals surface area contributed by atoms with Gasteiger partial charge in [0.25, 0.3) is 0 Å². The van der Waals surface area contributed by atoms with E-state index in [1.54, 1.807) is 0 Å². The first-order chi connectivity index (χ1) is 9.95. The van der Waals surface area contributed by atoms with Crippen LogP contribution in [-0.2, 0) is 11.2 Å². The fourth-order valence-corrected chi connectivity index (χ4v) is 3.42. The summed E-state index contributed by atoms with van der Waals surface area (Å²) in [5.74, 6) is 0. The van der Waals surface area contributed by atoms with Gasteiger partial charge in [0.05, 0.1) is 13.2 Å². The van der Waals surface area contributed by atoms with Gasteiger partial charge < -0.3 is 10.1 Å². The molecule has 1 aromatic rings. The maximum Gasteiger partial charge on any atom is 0.0594 e. The standard InChI is InChI=1S/C17H27ClN2O/c1-13-5-6-14(15(18)11-13)12-16(19-4)17(2,3)20-7-9-21-10-8-20/h5-6,11,16,19H,7-10,12H2,1-4H3. The lowest BCUT2D eigenvalue weighted by Gasteiger charge is -2.46. The summed E-state index contributed by atoms with van der Waals surface area (Å²) in [6, 6.07) is 6.68. The largest absolute Gasteiger partial charge is 0.379 e. The van der Waals surface area contributed by atoms with E-state index < -0.39 is 0 Å². The molecule has 1 saturated heterocycles. The van der Waals surface area contributed by atoms with Crippen molar-refractivity contribution in [2.75, 3.05) is 33.4 Å². The van der Waals surface area contributed by atoms with Crippen LogP contribution in [0.4, 0.5) is 0 Å². The van der Waals surface area contributed by atoms with Crippen molar-refractivity contribution >= 4 is 11.6 Å². The van der Waals surface area contributed by atoms with Crippen molar-refractivity contribution in [2.24, 2.45) is 0 Å². The second-order valence-corrected chi connectivity index (χ2v) is 6.80. The van der Waals surface area contributed by atoms with Crippen LogP contribution in [0.5, 0.6) is 0 Å². The number of halogens is 1. The van der Waals surface area contributed by atoms with Crippen molar-refractivity contribution < 1.29 is 4.74 Å². The molecule has 1 aliphatic heterocycles. The van der Waals surface area contributed by atoms with Crippen molar-refractivity contribution in [1.29, 1.82) is 0 Å². The number of nitrogens with one attached hydrogen (secondary N) is 1. The van der Waals surface area contributed by atoms with E-state index in [1.807, 2.05) is 13.1 Å². The van der Waals surface area contributed by atoms with E-state index in [9.17, 15) is 0 Å². The average Bonchev–Trinajstić information content (AvgIpc) is 2.47. The highest BCUT2D eigenvalue weighted by molar-refractivity contribution is 6.31. The molecule has 21 heavy (non-hydrogen) atoms. The number of morpholine rings is 1. The van der Waals surface area contributed by atoms with E-state index in [-0.39, 0.29) is 5.54 Å². The zero-order valence-electron chi connectivity index (χ0n) is 13.6. The summed E-state index contributed by atoms with van der Waals surface area (Å²) in [7, 11) is 2.04. The van der Waals surface area contributed by atoms with Crippen molar-refractivity contribution in [3.05, 3.63) is 34.3 Å². The van der Waals surface area contributed by atoms with Crippen molar-refractivity contribution in [3.8, 4) is 0 Å². The van der Waals surface area contributed by atoms with Crippen LogP contribution in [0, 0.1) is 6.92 Å². The summed E-state index contributed by atoms with van der Waals surface area (Å²) in [5, 5.41) is 4.36. The van der Waals surface area contributed by atoms with Crippen molar-refractivity contribution in [3.63, 3.8) is 0 Å². The zero-order valence-corrected chi connectivity index (χ0v) is 14.3. The molecule has 0 aliphatic carbocycles. The zero-order chi connectivity index (χ0) is 15.5. The molecule has 4 heteroatoms. The molecule has 1 N–H and O–H groups in total. The number of hydrogen-bond donors (Lipinski definition) is 1. The van der Waals surface area contributed by atoms with Crippen LogP contribution in [0.1, 0.15) is 25.0 Å². The van der Waals surface area contributed by atoms with E-state index in [4.69, 9.17) is 16.3 Å².